The number of benzene rings is 2. The van der Waals surface area contributed by atoms with Crippen LogP contribution in [0, 0.1) is 0 Å². The van der Waals surface area contributed by atoms with Gasteiger partial charge in [-0.1, -0.05) is 17.7 Å². The van der Waals surface area contributed by atoms with Crippen LogP contribution in [0.25, 0.3) is 0 Å². The summed E-state index contributed by atoms with van der Waals surface area (Å²) in [6.07, 6.45) is 2.01. The number of carbonyl (C=O) groups excluding carboxylic acids is 1. The lowest BCUT2D eigenvalue weighted by atomic mass is 10.3. The Labute approximate surface area is 127 Å². The number of carbonyl (C=O) groups is 1. The summed E-state index contributed by atoms with van der Waals surface area (Å²) in [6.45, 7) is -0.0366. The fraction of sp³-hybridized carbons (Fsp3) is 0.133. The third kappa shape index (κ3) is 4.47. The van der Waals surface area contributed by atoms with Gasteiger partial charge in [-0.25, -0.2) is 0 Å². The summed E-state index contributed by atoms with van der Waals surface area (Å²) in [6, 6.07) is 14.6. The van der Waals surface area contributed by atoms with Crippen LogP contribution in [0.5, 0.6) is 5.75 Å². The Morgan fingerprint density at radius 1 is 1.25 bits per heavy atom. The van der Waals surface area contributed by atoms with Crippen molar-refractivity contribution in [1.82, 2.24) is 0 Å². The highest BCUT2D eigenvalue weighted by molar-refractivity contribution is 7.98. The van der Waals surface area contributed by atoms with Gasteiger partial charge in [-0.2, -0.15) is 0 Å². The molecule has 1 N–H and O–H groups in total. The first-order chi connectivity index (χ1) is 9.67. The number of amides is 1. The van der Waals surface area contributed by atoms with Gasteiger partial charge in [0.1, 0.15) is 5.75 Å². The van der Waals surface area contributed by atoms with Crippen LogP contribution in [0.2, 0.25) is 5.02 Å². The molecule has 5 heteroatoms. The van der Waals surface area contributed by atoms with Crippen LogP contribution in [0.1, 0.15) is 0 Å². The Morgan fingerprint density at radius 3 is 2.65 bits per heavy atom. The molecule has 0 radical (unpaired) electrons. The summed E-state index contributed by atoms with van der Waals surface area (Å²) in [5, 5.41) is 3.30. The van der Waals surface area contributed by atoms with E-state index in [1.165, 1.54) is 0 Å². The Morgan fingerprint density at radius 2 is 2.00 bits per heavy atom. The summed E-state index contributed by atoms with van der Waals surface area (Å²) < 4.78 is 5.42. The number of nitrogens with one attached hydrogen (secondary N) is 1. The number of halogens is 1. The summed E-state index contributed by atoms with van der Waals surface area (Å²) in [4.78, 5) is 12.9. The van der Waals surface area contributed by atoms with E-state index in [1.54, 1.807) is 36.0 Å². The minimum absolute atomic E-state index is 0.0366. The van der Waals surface area contributed by atoms with Crippen LogP contribution in [0.15, 0.2) is 53.4 Å². The predicted octanol–water partition coefficient (Wildman–Crippen LogP) is 4.08. The molecule has 0 unspecified atom stereocenters. The molecule has 0 bridgehead atoms. The second kappa shape index (κ2) is 7.22. The van der Waals surface area contributed by atoms with E-state index in [2.05, 4.69) is 5.32 Å². The SMILES string of the molecule is CSc1ccc(OCC(=O)Nc2cccc(Cl)c2)cc1. The summed E-state index contributed by atoms with van der Waals surface area (Å²) >= 11 is 7.50. The van der Waals surface area contributed by atoms with E-state index in [9.17, 15) is 4.79 Å². The molecule has 20 heavy (non-hydrogen) atoms. The lowest BCUT2D eigenvalue weighted by molar-refractivity contribution is -0.118. The number of rotatable bonds is 5. The van der Waals surface area contributed by atoms with Gasteiger partial charge in [-0.05, 0) is 48.7 Å². The first-order valence-electron chi connectivity index (χ1n) is 5.99. The highest BCUT2D eigenvalue weighted by atomic mass is 35.5. The van der Waals surface area contributed by atoms with Crippen LogP contribution in [0.3, 0.4) is 0 Å². The summed E-state index contributed by atoms with van der Waals surface area (Å²) in [5.74, 6) is 0.449. The van der Waals surface area contributed by atoms with E-state index in [0.29, 0.717) is 16.5 Å². The van der Waals surface area contributed by atoms with E-state index in [0.717, 1.165) is 4.90 Å². The minimum atomic E-state index is -0.221. The maximum absolute atomic E-state index is 11.7. The van der Waals surface area contributed by atoms with Crippen molar-refractivity contribution in [3.8, 4) is 5.75 Å². The lowest BCUT2D eigenvalue weighted by Gasteiger charge is -2.08. The molecule has 0 spiro atoms. The monoisotopic (exact) mass is 307 g/mol. The normalized spacial score (nSPS) is 10.1. The van der Waals surface area contributed by atoms with Crippen molar-refractivity contribution in [3.63, 3.8) is 0 Å². The van der Waals surface area contributed by atoms with Gasteiger partial charge in [0.25, 0.3) is 5.91 Å². The first-order valence-corrected chi connectivity index (χ1v) is 7.60. The fourth-order valence-corrected chi connectivity index (χ4v) is 2.18. The van der Waals surface area contributed by atoms with Crippen LogP contribution in [0.4, 0.5) is 5.69 Å². The zero-order valence-electron chi connectivity index (χ0n) is 10.9. The molecule has 0 aliphatic rings. The van der Waals surface area contributed by atoms with E-state index >= 15 is 0 Å². The minimum Gasteiger partial charge on any atom is -0.484 e. The second-order valence-corrected chi connectivity index (χ2v) is 5.34. The third-order valence-corrected chi connectivity index (χ3v) is 3.52. The number of ether oxygens (including phenoxy) is 1. The smallest absolute Gasteiger partial charge is 0.262 e. The molecule has 0 saturated carbocycles. The van der Waals surface area contributed by atoms with Crippen molar-refractivity contribution in [2.75, 3.05) is 18.2 Å². The Hall–Kier alpha value is -1.65. The molecule has 0 aromatic heterocycles. The second-order valence-electron chi connectivity index (χ2n) is 4.02. The highest BCUT2D eigenvalue weighted by Gasteiger charge is 2.04. The molecular weight excluding hydrogens is 294 g/mol. The molecule has 0 heterocycles. The zero-order valence-corrected chi connectivity index (χ0v) is 12.5. The Kier molecular flexibility index (Phi) is 5.32. The predicted molar refractivity (Wildman–Crippen MR) is 83.8 cm³/mol. The van der Waals surface area contributed by atoms with Gasteiger partial charge in [0, 0.05) is 15.6 Å². The van der Waals surface area contributed by atoms with E-state index in [4.69, 9.17) is 16.3 Å². The number of thioether (sulfide) groups is 1. The van der Waals surface area contributed by atoms with Crippen molar-refractivity contribution in [2.45, 2.75) is 4.90 Å². The average Bonchev–Trinajstić information content (AvgIpc) is 2.46. The van der Waals surface area contributed by atoms with Crippen molar-refractivity contribution < 1.29 is 9.53 Å². The van der Waals surface area contributed by atoms with Crippen LogP contribution >= 0.6 is 23.4 Å². The molecule has 0 atom stereocenters. The maximum Gasteiger partial charge on any atom is 0.262 e. The zero-order chi connectivity index (χ0) is 14.4. The van der Waals surface area contributed by atoms with Gasteiger partial charge in [0.2, 0.25) is 0 Å². The fourth-order valence-electron chi connectivity index (χ4n) is 1.58. The quantitative estimate of drug-likeness (QED) is 0.846. The van der Waals surface area contributed by atoms with Gasteiger partial charge in [-0.15, -0.1) is 11.8 Å². The number of hydrogen-bond acceptors (Lipinski definition) is 3. The van der Waals surface area contributed by atoms with Crippen molar-refractivity contribution >= 4 is 35.0 Å². The van der Waals surface area contributed by atoms with Gasteiger partial charge < -0.3 is 10.1 Å². The van der Waals surface area contributed by atoms with Gasteiger partial charge in [0.05, 0.1) is 0 Å². The topological polar surface area (TPSA) is 38.3 Å². The molecule has 2 rings (SSSR count). The third-order valence-electron chi connectivity index (χ3n) is 2.54. The van der Waals surface area contributed by atoms with E-state index in [-0.39, 0.29) is 12.5 Å². The van der Waals surface area contributed by atoms with Crippen LogP contribution < -0.4 is 10.1 Å². The van der Waals surface area contributed by atoms with Crippen molar-refractivity contribution in [1.29, 1.82) is 0 Å². The van der Waals surface area contributed by atoms with Crippen molar-refractivity contribution in [2.24, 2.45) is 0 Å². The van der Waals surface area contributed by atoms with Crippen LogP contribution in [-0.2, 0) is 4.79 Å². The van der Waals surface area contributed by atoms with Gasteiger partial charge in [0.15, 0.2) is 6.61 Å². The molecule has 0 saturated heterocycles. The maximum atomic E-state index is 11.7. The Balaban J connectivity index is 1.85. The van der Waals surface area contributed by atoms with E-state index < -0.39 is 0 Å². The van der Waals surface area contributed by atoms with Gasteiger partial charge >= 0.3 is 0 Å². The van der Waals surface area contributed by atoms with Gasteiger partial charge in [-0.3, -0.25) is 4.79 Å². The molecule has 0 aliphatic carbocycles. The van der Waals surface area contributed by atoms with Crippen LogP contribution in [-0.4, -0.2) is 18.8 Å². The standard InChI is InChI=1S/C15H14ClNO2S/c1-20-14-7-5-13(6-8-14)19-10-15(18)17-12-4-2-3-11(16)9-12/h2-9H,10H2,1H3,(H,17,18). The molecule has 0 aliphatic heterocycles. The molecule has 0 fully saturated rings. The molecule has 1 amide bonds. The Bertz CT molecular complexity index is 587. The molecule has 2 aromatic carbocycles. The first kappa shape index (κ1) is 14.8. The largest absolute Gasteiger partial charge is 0.484 e. The van der Waals surface area contributed by atoms with Crippen molar-refractivity contribution in [3.05, 3.63) is 53.6 Å². The highest BCUT2D eigenvalue weighted by Crippen LogP contribution is 2.19. The number of hydrogen-bond donors (Lipinski definition) is 1. The number of anilines is 1. The molecule has 2 aromatic rings. The summed E-state index contributed by atoms with van der Waals surface area (Å²) in [5.41, 5.74) is 0.656. The lowest BCUT2D eigenvalue weighted by Crippen LogP contribution is -2.20. The molecular formula is C15H14ClNO2S. The van der Waals surface area contributed by atoms with E-state index in [1.807, 2.05) is 30.5 Å². The average molecular weight is 308 g/mol. The molecule has 3 nitrogen and oxygen atoms in total. The molecule has 104 valence electrons. The summed E-state index contributed by atoms with van der Waals surface area (Å²) in [7, 11) is 0.